The van der Waals surface area contributed by atoms with Crippen molar-refractivity contribution in [3.63, 3.8) is 0 Å². The average Bonchev–Trinajstić information content (AvgIpc) is 3.18. The molecule has 1 saturated heterocycles. The van der Waals surface area contributed by atoms with Crippen molar-refractivity contribution in [1.82, 2.24) is 25.4 Å². The van der Waals surface area contributed by atoms with Crippen molar-refractivity contribution in [3.05, 3.63) is 48.0 Å². The van der Waals surface area contributed by atoms with E-state index >= 15 is 0 Å². The number of morpholine rings is 1. The molecule has 1 aliphatic heterocycles. The summed E-state index contributed by atoms with van der Waals surface area (Å²) in [6.45, 7) is 2.87. The van der Waals surface area contributed by atoms with E-state index in [9.17, 15) is 4.79 Å². The molecule has 0 radical (unpaired) electrons. The molecular formula is C20H28ClN5O2. The molecule has 0 unspecified atom stereocenters. The number of aryl methyl sites for hydroxylation is 2. The third kappa shape index (κ3) is 5.10. The van der Waals surface area contributed by atoms with Gasteiger partial charge in [-0.3, -0.25) is 4.79 Å². The molecule has 2 heterocycles. The molecule has 28 heavy (non-hydrogen) atoms. The van der Waals surface area contributed by atoms with Crippen LogP contribution in [0.4, 0.5) is 0 Å². The third-order valence-corrected chi connectivity index (χ3v) is 5.60. The fourth-order valence-corrected chi connectivity index (χ4v) is 4.06. The van der Waals surface area contributed by atoms with Crippen LogP contribution in [0.3, 0.4) is 0 Å². The van der Waals surface area contributed by atoms with E-state index in [4.69, 9.17) is 4.74 Å². The predicted molar refractivity (Wildman–Crippen MR) is 108 cm³/mol. The Hall–Kier alpha value is -1.96. The fourth-order valence-electron chi connectivity index (χ4n) is 4.06. The molecular weight excluding hydrogens is 378 g/mol. The fraction of sp³-hybridized carbons (Fsp3) is 0.550. The van der Waals surface area contributed by atoms with Gasteiger partial charge in [-0.2, -0.15) is 0 Å². The maximum atomic E-state index is 12.6. The van der Waals surface area contributed by atoms with Crippen molar-refractivity contribution in [2.45, 2.75) is 50.9 Å². The first-order valence-corrected chi connectivity index (χ1v) is 9.83. The lowest BCUT2D eigenvalue weighted by Gasteiger charge is -2.39. The lowest BCUT2D eigenvalue weighted by atomic mass is 9.82. The largest absolute Gasteiger partial charge is 0.375 e. The molecule has 8 heteroatoms. The Kier molecular flexibility index (Phi) is 7.42. The summed E-state index contributed by atoms with van der Waals surface area (Å²) in [4.78, 5) is 12.6. The molecule has 1 aliphatic carbocycles. The van der Waals surface area contributed by atoms with Crippen LogP contribution in [0.25, 0.3) is 0 Å². The zero-order valence-electron chi connectivity index (χ0n) is 15.9. The number of nitrogens with zero attached hydrogens (tertiary/aromatic N) is 3. The number of rotatable bonds is 6. The second-order valence-electron chi connectivity index (χ2n) is 7.37. The van der Waals surface area contributed by atoms with Gasteiger partial charge in [0.05, 0.1) is 19.3 Å². The van der Waals surface area contributed by atoms with Crippen LogP contribution in [0.15, 0.2) is 36.7 Å². The molecule has 2 aromatic rings. The molecule has 1 aromatic heterocycles. The zero-order chi connectivity index (χ0) is 18.5. The second kappa shape index (κ2) is 10.0. The first-order valence-electron chi connectivity index (χ1n) is 9.83. The van der Waals surface area contributed by atoms with E-state index in [1.165, 1.54) is 5.56 Å². The molecule has 0 bridgehead atoms. The number of amides is 1. The zero-order valence-corrected chi connectivity index (χ0v) is 16.7. The molecule has 4 rings (SSSR count). The number of nitrogens with one attached hydrogen (secondary N) is 2. The monoisotopic (exact) mass is 405 g/mol. The van der Waals surface area contributed by atoms with E-state index < -0.39 is 0 Å². The second-order valence-corrected chi connectivity index (χ2v) is 7.37. The lowest BCUT2D eigenvalue weighted by molar-refractivity contribution is -0.128. The standard InChI is InChI=1S/C20H27N5O2.ClH/c26-20(16-6-7-18-17(12-16)21-9-11-27-18)22-13-19-24-23-14-25(19)10-8-15-4-2-1-3-5-15;/h1-5,14,16-18,21H,6-13H2,(H,22,26);1H/t16-,17+,18+;/m0./s1. The Morgan fingerprint density at radius 3 is 3.00 bits per heavy atom. The van der Waals surface area contributed by atoms with E-state index in [0.717, 1.165) is 51.2 Å². The van der Waals surface area contributed by atoms with Gasteiger partial charge in [-0.1, -0.05) is 30.3 Å². The summed E-state index contributed by atoms with van der Waals surface area (Å²) in [7, 11) is 0. The highest BCUT2D eigenvalue weighted by atomic mass is 35.5. The number of aromatic nitrogens is 3. The number of halogens is 1. The van der Waals surface area contributed by atoms with E-state index in [-0.39, 0.29) is 30.3 Å². The molecule has 2 aliphatic rings. The highest BCUT2D eigenvalue weighted by molar-refractivity contribution is 5.85. The van der Waals surface area contributed by atoms with Gasteiger partial charge >= 0.3 is 0 Å². The molecule has 7 nitrogen and oxygen atoms in total. The highest BCUT2D eigenvalue weighted by Crippen LogP contribution is 2.28. The van der Waals surface area contributed by atoms with Gasteiger partial charge in [0.2, 0.25) is 5.91 Å². The Morgan fingerprint density at radius 1 is 1.29 bits per heavy atom. The van der Waals surface area contributed by atoms with Crippen molar-refractivity contribution in [2.75, 3.05) is 13.2 Å². The van der Waals surface area contributed by atoms with Crippen molar-refractivity contribution < 1.29 is 9.53 Å². The maximum absolute atomic E-state index is 12.6. The van der Waals surface area contributed by atoms with Crippen LogP contribution >= 0.6 is 12.4 Å². The van der Waals surface area contributed by atoms with E-state index in [1.54, 1.807) is 6.33 Å². The van der Waals surface area contributed by atoms with Crippen molar-refractivity contribution in [3.8, 4) is 0 Å². The minimum absolute atomic E-state index is 0. The Labute approximate surface area is 171 Å². The summed E-state index contributed by atoms with van der Waals surface area (Å²) in [6.07, 6.45) is 5.59. The van der Waals surface area contributed by atoms with E-state index in [2.05, 4.69) is 33.0 Å². The van der Waals surface area contributed by atoms with Gasteiger partial charge in [-0.25, -0.2) is 0 Å². The van der Waals surface area contributed by atoms with Gasteiger partial charge in [0.15, 0.2) is 5.82 Å². The van der Waals surface area contributed by atoms with Crippen LogP contribution in [0.5, 0.6) is 0 Å². The number of benzene rings is 1. The van der Waals surface area contributed by atoms with Crippen LogP contribution in [-0.4, -0.2) is 46.0 Å². The van der Waals surface area contributed by atoms with Gasteiger partial charge in [0, 0.05) is 25.0 Å². The molecule has 2 fully saturated rings. The Bertz CT molecular complexity index is 754. The van der Waals surface area contributed by atoms with E-state index in [1.807, 2.05) is 22.8 Å². The highest BCUT2D eigenvalue weighted by Gasteiger charge is 2.35. The Balaban J connectivity index is 0.00000225. The van der Waals surface area contributed by atoms with Crippen LogP contribution in [0.2, 0.25) is 0 Å². The van der Waals surface area contributed by atoms with Gasteiger partial charge in [-0.05, 0) is 31.2 Å². The molecule has 152 valence electrons. The predicted octanol–water partition coefficient (Wildman–Crippen LogP) is 1.72. The topological polar surface area (TPSA) is 81.1 Å². The van der Waals surface area contributed by atoms with Crippen LogP contribution in [0.1, 0.15) is 30.7 Å². The number of carbonyl (C=O) groups is 1. The number of hydrogen-bond acceptors (Lipinski definition) is 5. The number of fused-ring (bicyclic) bond motifs is 1. The quantitative estimate of drug-likeness (QED) is 0.764. The lowest BCUT2D eigenvalue weighted by Crippen LogP contribution is -2.53. The normalized spacial score (nSPS) is 24.1. The van der Waals surface area contributed by atoms with Crippen LogP contribution < -0.4 is 10.6 Å². The van der Waals surface area contributed by atoms with Crippen molar-refractivity contribution >= 4 is 18.3 Å². The number of ether oxygens (including phenoxy) is 1. The number of carbonyl (C=O) groups excluding carboxylic acids is 1. The first kappa shape index (κ1) is 20.8. The van der Waals surface area contributed by atoms with Gasteiger partial charge in [0.25, 0.3) is 0 Å². The Morgan fingerprint density at radius 2 is 2.14 bits per heavy atom. The van der Waals surface area contributed by atoms with Gasteiger partial charge in [-0.15, -0.1) is 22.6 Å². The summed E-state index contributed by atoms with van der Waals surface area (Å²) in [5.74, 6) is 0.951. The summed E-state index contributed by atoms with van der Waals surface area (Å²) in [6, 6.07) is 10.6. The molecule has 0 spiro atoms. The van der Waals surface area contributed by atoms with Gasteiger partial charge < -0.3 is 19.9 Å². The minimum Gasteiger partial charge on any atom is -0.375 e. The smallest absolute Gasteiger partial charge is 0.223 e. The van der Waals surface area contributed by atoms with Crippen LogP contribution in [-0.2, 0) is 29.0 Å². The third-order valence-electron chi connectivity index (χ3n) is 5.60. The molecule has 2 N–H and O–H groups in total. The summed E-state index contributed by atoms with van der Waals surface area (Å²) in [5, 5.41) is 14.7. The van der Waals surface area contributed by atoms with Crippen molar-refractivity contribution in [2.24, 2.45) is 5.92 Å². The van der Waals surface area contributed by atoms with Crippen molar-refractivity contribution in [1.29, 1.82) is 0 Å². The molecule has 3 atom stereocenters. The summed E-state index contributed by atoms with van der Waals surface area (Å²) < 4.78 is 7.81. The molecule has 1 saturated carbocycles. The first-order chi connectivity index (χ1) is 13.3. The average molecular weight is 406 g/mol. The van der Waals surface area contributed by atoms with Crippen LogP contribution in [0, 0.1) is 5.92 Å². The maximum Gasteiger partial charge on any atom is 0.223 e. The minimum atomic E-state index is 0. The van der Waals surface area contributed by atoms with Gasteiger partial charge in [0.1, 0.15) is 6.33 Å². The SMILES string of the molecule is Cl.O=C(NCc1nncn1CCc1ccccc1)[C@H]1CC[C@H]2OCCN[C@@H]2C1. The molecule has 1 amide bonds. The summed E-state index contributed by atoms with van der Waals surface area (Å²) in [5.41, 5.74) is 1.28. The van der Waals surface area contributed by atoms with E-state index in [0.29, 0.717) is 12.6 Å². The summed E-state index contributed by atoms with van der Waals surface area (Å²) >= 11 is 0. The number of hydrogen-bond donors (Lipinski definition) is 2. The molecule has 1 aromatic carbocycles.